The molecule has 0 aliphatic carbocycles. The molecule has 2 N–H and O–H groups in total. The van der Waals surface area contributed by atoms with E-state index in [1.807, 2.05) is 30.3 Å². The summed E-state index contributed by atoms with van der Waals surface area (Å²) in [5.41, 5.74) is 7.77. The number of hydrogen-bond donors (Lipinski definition) is 1. The molecular formula is C19H21N3O4S. The summed E-state index contributed by atoms with van der Waals surface area (Å²) in [6.07, 6.45) is 1.56. The summed E-state index contributed by atoms with van der Waals surface area (Å²) in [5.74, 6) is 1.16. The second-order valence-electron chi connectivity index (χ2n) is 5.23. The summed E-state index contributed by atoms with van der Waals surface area (Å²) in [7, 11) is 2.81. The van der Waals surface area contributed by atoms with Crippen LogP contribution in [0.2, 0.25) is 0 Å². The number of nitrogens with two attached hydrogens (primary N) is 1. The minimum absolute atomic E-state index is 0.195. The van der Waals surface area contributed by atoms with Crippen molar-refractivity contribution in [2.24, 2.45) is 15.9 Å². The van der Waals surface area contributed by atoms with Gasteiger partial charge in [0.15, 0.2) is 23.3 Å². The highest BCUT2D eigenvalue weighted by atomic mass is 32.2. The standard InChI is InChI=1S/C19H21N3O4S/c1-24-17-10-15(8-9-16(17)26-12-18(23)25-2)11-21-22-19(20)27-13-14-6-4-3-5-7-14/h3-11H,12-13H2,1-2H3,(H2,20,22). The Kier molecular flexibility index (Phi) is 8.18. The quantitative estimate of drug-likeness (QED) is 0.324. The first-order valence-corrected chi connectivity index (χ1v) is 9.02. The molecule has 0 amide bonds. The van der Waals surface area contributed by atoms with Crippen LogP contribution in [0.3, 0.4) is 0 Å². The van der Waals surface area contributed by atoms with Gasteiger partial charge < -0.3 is 19.9 Å². The van der Waals surface area contributed by atoms with Crippen LogP contribution in [0.4, 0.5) is 0 Å². The molecule has 0 aliphatic heterocycles. The Labute approximate surface area is 162 Å². The fourth-order valence-corrected chi connectivity index (χ4v) is 2.60. The lowest BCUT2D eigenvalue weighted by atomic mass is 10.2. The maximum atomic E-state index is 11.2. The summed E-state index contributed by atoms with van der Waals surface area (Å²) in [5, 5.41) is 8.34. The van der Waals surface area contributed by atoms with Crippen molar-refractivity contribution in [3.63, 3.8) is 0 Å². The molecule has 0 spiro atoms. The fourth-order valence-electron chi connectivity index (χ4n) is 1.99. The van der Waals surface area contributed by atoms with Crippen LogP contribution in [0.25, 0.3) is 0 Å². The molecule has 142 valence electrons. The van der Waals surface area contributed by atoms with Crippen molar-refractivity contribution in [1.82, 2.24) is 0 Å². The van der Waals surface area contributed by atoms with E-state index in [2.05, 4.69) is 14.9 Å². The van der Waals surface area contributed by atoms with Gasteiger partial charge >= 0.3 is 5.97 Å². The lowest BCUT2D eigenvalue weighted by Gasteiger charge is -2.10. The molecule has 0 heterocycles. The van der Waals surface area contributed by atoms with Crippen molar-refractivity contribution in [2.45, 2.75) is 5.75 Å². The van der Waals surface area contributed by atoms with E-state index in [0.29, 0.717) is 16.7 Å². The average molecular weight is 387 g/mol. The molecular weight excluding hydrogens is 366 g/mol. The monoisotopic (exact) mass is 387 g/mol. The molecule has 2 aromatic carbocycles. The van der Waals surface area contributed by atoms with Crippen molar-refractivity contribution in [2.75, 3.05) is 20.8 Å². The number of nitrogens with zero attached hydrogens (tertiary/aromatic N) is 2. The van der Waals surface area contributed by atoms with Crippen molar-refractivity contribution in [3.05, 3.63) is 59.7 Å². The van der Waals surface area contributed by atoms with Gasteiger partial charge in [0.1, 0.15) is 0 Å². The van der Waals surface area contributed by atoms with E-state index < -0.39 is 5.97 Å². The first kappa shape index (κ1) is 20.3. The number of esters is 1. The number of thioether (sulfide) groups is 1. The van der Waals surface area contributed by atoms with E-state index in [1.165, 1.54) is 26.0 Å². The van der Waals surface area contributed by atoms with E-state index in [-0.39, 0.29) is 6.61 Å². The predicted molar refractivity (Wildman–Crippen MR) is 107 cm³/mol. The van der Waals surface area contributed by atoms with E-state index in [1.54, 1.807) is 24.4 Å². The number of methoxy groups -OCH3 is 2. The van der Waals surface area contributed by atoms with Crippen LogP contribution < -0.4 is 15.2 Å². The summed E-state index contributed by atoms with van der Waals surface area (Å²) >= 11 is 1.41. The van der Waals surface area contributed by atoms with Crippen molar-refractivity contribution in [3.8, 4) is 11.5 Å². The van der Waals surface area contributed by atoms with Crippen LogP contribution in [-0.2, 0) is 15.3 Å². The normalized spacial score (nSPS) is 11.4. The zero-order valence-corrected chi connectivity index (χ0v) is 15.9. The van der Waals surface area contributed by atoms with Gasteiger partial charge in [0, 0.05) is 5.75 Å². The van der Waals surface area contributed by atoms with Gasteiger partial charge in [-0.1, -0.05) is 42.1 Å². The molecule has 8 heteroatoms. The van der Waals surface area contributed by atoms with Gasteiger partial charge in [-0.2, -0.15) is 5.10 Å². The van der Waals surface area contributed by atoms with Crippen LogP contribution in [0.15, 0.2) is 58.7 Å². The van der Waals surface area contributed by atoms with Crippen LogP contribution in [-0.4, -0.2) is 38.2 Å². The van der Waals surface area contributed by atoms with E-state index >= 15 is 0 Å². The molecule has 0 radical (unpaired) electrons. The predicted octanol–water partition coefficient (Wildman–Crippen LogP) is 2.83. The Balaban J connectivity index is 1.94. The molecule has 0 saturated heterocycles. The smallest absolute Gasteiger partial charge is 0.343 e. The minimum atomic E-state index is -0.472. The lowest BCUT2D eigenvalue weighted by Crippen LogP contribution is -2.13. The molecule has 7 nitrogen and oxygen atoms in total. The summed E-state index contributed by atoms with van der Waals surface area (Å²) in [4.78, 5) is 11.2. The molecule has 0 unspecified atom stereocenters. The Bertz CT molecular complexity index is 810. The zero-order chi connectivity index (χ0) is 19.5. The lowest BCUT2D eigenvalue weighted by molar-refractivity contribution is -0.142. The molecule has 0 fully saturated rings. The third-order valence-electron chi connectivity index (χ3n) is 3.35. The van der Waals surface area contributed by atoms with Crippen molar-refractivity contribution in [1.29, 1.82) is 0 Å². The van der Waals surface area contributed by atoms with Crippen LogP contribution in [0.5, 0.6) is 11.5 Å². The average Bonchev–Trinajstić information content (AvgIpc) is 2.71. The molecule has 2 rings (SSSR count). The minimum Gasteiger partial charge on any atom is -0.493 e. The zero-order valence-electron chi connectivity index (χ0n) is 15.1. The first-order chi connectivity index (χ1) is 13.1. The van der Waals surface area contributed by atoms with E-state index in [4.69, 9.17) is 15.2 Å². The Morgan fingerprint density at radius 2 is 1.93 bits per heavy atom. The molecule has 0 aliphatic rings. The number of rotatable bonds is 8. The number of carbonyl (C=O) groups excluding carboxylic acids is 1. The third-order valence-corrected chi connectivity index (χ3v) is 4.21. The molecule has 0 bridgehead atoms. The maximum absolute atomic E-state index is 11.2. The van der Waals surface area contributed by atoms with Gasteiger partial charge in [-0.3, -0.25) is 0 Å². The van der Waals surface area contributed by atoms with Crippen LogP contribution in [0, 0.1) is 0 Å². The molecule has 0 atom stereocenters. The highest BCUT2D eigenvalue weighted by Gasteiger charge is 2.08. The number of hydrogen-bond acceptors (Lipinski definition) is 7. The number of benzene rings is 2. The second-order valence-corrected chi connectivity index (χ2v) is 6.23. The van der Waals surface area contributed by atoms with Gasteiger partial charge in [-0.05, 0) is 29.3 Å². The summed E-state index contributed by atoms with van der Waals surface area (Å²) < 4.78 is 15.2. The SMILES string of the molecule is COC(=O)COc1ccc(C=NN=C(N)SCc2ccccc2)cc1OC. The summed E-state index contributed by atoms with van der Waals surface area (Å²) in [6, 6.07) is 15.1. The van der Waals surface area contributed by atoms with Crippen LogP contribution in [0.1, 0.15) is 11.1 Å². The van der Waals surface area contributed by atoms with E-state index in [0.717, 1.165) is 16.9 Å². The van der Waals surface area contributed by atoms with Crippen molar-refractivity contribution >= 4 is 29.1 Å². The Morgan fingerprint density at radius 3 is 2.63 bits per heavy atom. The second kappa shape index (κ2) is 10.9. The number of ether oxygens (including phenoxy) is 3. The fraction of sp³-hybridized carbons (Fsp3) is 0.211. The van der Waals surface area contributed by atoms with Gasteiger partial charge in [0.05, 0.1) is 20.4 Å². The van der Waals surface area contributed by atoms with Gasteiger partial charge in [0.2, 0.25) is 0 Å². The highest BCUT2D eigenvalue weighted by Crippen LogP contribution is 2.27. The third kappa shape index (κ3) is 7.02. The van der Waals surface area contributed by atoms with E-state index in [9.17, 15) is 4.79 Å². The largest absolute Gasteiger partial charge is 0.493 e. The summed E-state index contributed by atoms with van der Waals surface area (Å²) in [6.45, 7) is -0.195. The van der Waals surface area contributed by atoms with Crippen LogP contribution >= 0.6 is 11.8 Å². The highest BCUT2D eigenvalue weighted by molar-refractivity contribution is 8.13. The number of amidine groups is 1. The first-order valence-electron chi connectivity index (χ1n) is 8.03. The van der Waals surface area contributed by atoms with Gasteiger partial charge in [0.25, 0.3) is 0 Å². The van der Waals surface area contributed by atoms with Gasteiger partial charge in [-0.25, -0.2) is 4.79 Å². The maximum Gasteiger partial charge on any atom is 0.343 e. The molecule has 0 aromatic heterocycles. The Morgan fingerprint density at radius 1 is 1.15 bits per heavy atom. The Hall–Kier alpha value is -3.00. The van der Waals surface area contributed by atoms with Gasteiger partial charge in [-0.15, -0.1) is 5.10 Å². The molecule has 0 saturated carbocycles. The number of carbonyl (C=O) groups is 1. The van der Waals surface area contributed by atoms with Crippen molar-refractivity contribution < 1.29 is 19.0 Å². The molecule has 27 heavy (non-hydrogen) atoms. The topological polar surface area (TPSA) is 95.5 Å². The molecule has 2 aromatic rings.